The molecule has 0 atom stereocenters. The van der Waals surface area contributed by atoms with Gasteiger partial charge in [-0.05, 0) is 36.4 Å². The van der Waals surface area contributed by atoms with Gasteiger partial charge in [0.15, 0.2) is 0 Å². The van der Waals surface area contributed by atoms with E-state index < -0.39 is 0 Å². The average Bonchev–Trinajstić information content (AvgIpc) is 2.77. The van der Waals surface area contributed by atoms with Crippen LogP contribution in [0.4, 0.5) is 16.2 Å². The third kappa shape index (κ3) is 5.54. The Morgan fingerprint density at radius 3 is 2.28 bits per heavy atom. The normalized spacial score (nSPS) is 13.6. The lowest BCUT2D eigenvalue weighted by Gasteiger charge is -2.36. The van der Waals surface area contributed by atoms with E-state index >= 15 is 0 Å². The van der Waals surface area contributed by atoms with E-state index in [0.717, 1.165) is 24.5 Å². The molecule has 154 valence electrons. The number of nitrogens with zero attached hydrogens (tertiary/aromatic N) is 2. The number of piperazine rings is 1. The molecule has 0 bridgehead atoms. The van der Waals surface area contributed by atoms with Crippen LogP contribution >= 0.6 is 0 Å². The van der Waals surface area contributed by atoms with Crippen LogP contribution in [0.3, 0.4) is 0 Å². The number of hydrogen-bond acceptors (Lipinski definition) is 5. The highest BCUT2D eigenvalue weighted by Gasteiger charge is 2.21. The Labute approximate surface area is 170 Å². The summed E-state index contributed by atoms with van der Waals surface area (Å²) in [5.41, 5.74) is 1.72. The van der Waals surface area contributed by atoms with Crippen molar-refractivity contribution in [2.45, 2.75) is 0 Å². The third-order valence-electron chi connectivity index (χ3n) is 4.76. The number of carbonyl (C=O) groups excluding carboxylic acids is 2. The molecule has 0 aromatic heterocycles. The van der Waals surface area contributed by atoms with Crippen molar-refractivity contribution < 1.29 is 19.1 Å². The van der Waals surface area contributed by atoms with Gasteiger partial charge in [0.05, 0.1) is 20.8 Å². The summed E-state index contributed by atoms with van der Waals surface area (Å²) in [6, 6.07) is 14.7. The first-order valence-electron chi connectivity index (χ1n) is 9.44. The number of benzene rings is 2. The maximum absolute atomic E-state index is 12.4. The first-order chi connectivity index (χ1) is 14.1. The molecule has 0 unspecified atom stereocenters. The highest BCUT2D eigenvalue weighted by molar-refractivity contribution is 5.94. The third-order valence-corrected chi connectivity index (χ3v) is 4.76. The van der Waals surface area contributed by atoms with E-state index in [1.54, 1.807) is 43.4 Å². The van der Waals surface area contributed by atoms with Crippen LogP contribution in [0, 0.1) is 0 Å². The van der Waals surface area contributed by atoms with Crippen LogP contribution in [0.25, 0.3) is 0 Å². The van der Waals surface area contributed by atoms with Crippen LogP contribution in [-0.2, 0) is 4.79 Å². The molecule has 3 amide bonds. The predicted octanol–water partition coefficient (Wildman–Crippen LogP) is 2.17. The second kappa shape index (κ2) is 9.68. The summed E-state index contributed by atoms with van der Waals surface area (Å²) in [4.78, 5) is 28.4. The molecule has 0 saturated carbocycles. The van der Waals surface area contributed by atoms with E-state index in [4.69, 9.17) is 9.47 Å². The van der Waals surface area contributed by atoms with Gasteiger partial charge in [-0.15, -0.1) is 0 Å². The number of nitrogens with one attached hydrogen (secondary N) is 2. The van der Waals surface area contributed by atoms with Crippen molar-refractivity contribution in [3.8, 4) is 11.5 Å². The molecule has 0 spiro atoms. The fraction of sp³-hybridized carbons (Fsp3) is 0.333. The summed E-state index contributed by atoms with van der Waals surface area (Å²) in [5, 5.41) is 5.42. The topological polar surface area (TPSA) is 83.1 Å². The van der Waals surface area contributed by atoms with E-state index in [0.29, 0.717) is 24.5 Å². The standard InChI is InChI=1S/C21H26N4O4/c1-28-18-8-6-17(7-9-18)24-10-12-25(13-11-24)21(27)22-15-20(26)23-16-4-3-5-19(14-16)29-2/h3-9,14H,10-13,15H2,1-2H3,(H,22,27)(H,23,26). The van der Waals surface area contributed by atoms with Crippen molar-refractivity contribution in [2.75, 3.05) is 57.2 Å². The van der Waals surface area contributed by atoms with Crippen molar-refractivity contribution in [3.05, 3.63) is 48.5 Å². The van der Waals surface area contributed by atoms with Gasteiger partial charge < -0.3 is 29.9 Å². The molecule has 2 N–H and O–H groups in total. The molecule has 2 aromatic rings. The fourth-order valence-electron chi connectivity index (χ4n) is 3.13. The Bertz CT molecular complexity index is 833. The largest absolute Gasteiger partial charge is 0.497 e. The van der Waals surface area contributed by atoms with Gasteiger partial charge in [0.25, 0.3) is 0 Å². The van der Waals surface area contributed by atoms with Gasteiger partial charge in [-0.2, -0.15) is 0 Å². The van der Waals surface area contributed by atoms with Crippen LogP contribution in [-0.4, -0.2) is 63.8 Å². The number of carbonyl (C=O) groups is 2. The lowest BCUT2D eigenvalue weighted by atomic mass is 10.2. The van der Waals surface area contributed by atoms with Crippen LogP contribution in [0.5, 0.6) is 11.5 Å². The Morgan fingerprint density at radius 1 is 0.931 bits per heavy atom. The number of ether oxygens (including phenoxy) is 2. The van der Waals surface area contributed by atoms with Gasteiger partial charge in [-0.1, -0.05) is 6.07 Å². The predicted molar refractivity (Wildman–Crippen MR) is 112 cm³/mol. The molecule has 1 heterocycles. The molecule has 0 aliphatic carbocycles. The highest BCUT2D eigenvalue weighted by Crippen LogP contribution is 2.20. The summed E-state index contributed by atoms with van der Waals surface area (Å²) in [5.74, 6) is 1.18. The van der Waals surface area contributed by atoms with Gasteiger partial charge in [0.2, 0.25) is 5.91 Å². The number of rotatable bonds is 6. The second-order valence-corrected chi connectivity index (χ2v) is 6.61. The number of hydrogen-bond donors (Lipinski definition) is 2. The highest BCUT2D eigenvalue weighted by atomic mass is 16.5. The summed E-state index contributed by atoms with van der Waals surface area (Å²) in [7, 11) is 3.21. The Kier molecular flexibility index (Phi) is 6.78. The Morgan fingerprint density at radius 2 is 1.62 bits per heavy atom. The van der Waals surface area contributed by atoms with Crippen LogP contribution in [0.2, 0.25) is 0 Å². The summed E-state index contributed by atoms with van der Waals surface area (Å²) in [6.07, 6.45) is 0. The van der Waals surface area contributed by atoms with Crippen molar-refractivity contribution in [3.63, 3.8) is 0 Å². The molecule has 0 radical (unpaired) electrons. The molecule has 8 nitrogen and oxygen atoms in total. The minimum atomic E-state index is -0.288. The Hall–Kier alpha value is -3.42. The maximum Gasteiger partial charge on any atom is 0.317 e. The smallest absolute Gasteiger partial charge is 0.317 e. The monoisotopic (exact) mass is 398 g/mol. The molecule has 1 saturated heterocycles. The number of methoxy groups -OCH3 is 2. The lowest BCUT2D eigenvalue weighted by molar-refractivity contribution is -0.115. The SMILES string of the molecule is COc1ccc(N2CCN(C(=O)NCC(=O)Nc3cccc(OC)c3)CC2)cc1. The van der Waals surface area contributed by atoms with Gasteiger partial charge in [-0.25, -0.2) is 4.79 Å². The number of anilines is 2. The van der Waals surface area contributed by atoms with E-state index in [-0.39, 0.29) is 18.5 Å². The zero-order valence-electron chi connectivity index (χ0n) is 16.7. The summed E-state index contributed by atoms with van der Waals surface area (Å²) >= 11 is 0. The summed E-state index contributed by atoms with van der Waals surface area (Å²) in [6.45, 7) is 2.56. The van der Waals surface area contributed by atoms with Crippen LogP contribution in [0.15, 0.2) is 48.5 Å². The first kappa shape index (κ1) is 20.3. The van der Waals surface area contributed by atoms with Crippen LogP contribution < -0.4 is 25.0 Å². The minimum Gasteiger partial charge on any atom is -0.497 e. The molecular weight excluding hydrogens is 372 g/mol. The van der Waals surface area contributed by atoms with Gasteiger partial charge >= 0.3 is 6.03 Å². The van der Waals surface area contributed by atoms with Crippen molar-refractivity contribution >= 4 is 23.3 Å². The van der Waals surface area contributed by atoms with E-state index in [2.05, 4.69) is 15.5 Å². The lowest BCUT2D eigenvalue weighted by Crippen LogP contribution is -2.52. The molecule has 1 fully saturated rings. The van der Waals surface area contributed by atoms with E-state index in [1.807, 2.05) is 24.3 Å². The zero-order valence-corrected chi connectivity index (χ0v) is 16.7. The van der Waals surface area contributed by atoms with E-state index in [1.165, 1.54) is 0 Å². The second-order valence-electron chi connectivity index (χ2n) is 6.61. The quantitative estimate of drug-likeness (QED) is 0.779. The zero-order chi connectivity index (χ0) is 20.6. The van der Waals surface area contributed by atoms with Crippen molar-refractivity contribution in [2.24, 2.45) is 0 Å². The molecule has 1 aliphatic heterocycles. The van der Waals surface area contributed by atoms with E-state index in [9.17, 15) is 9.59 Å². The average molecular weight is 398 g/mol. The minimum absolute atomic E-state index is 0.0886. The molecule has 3 rings (SSSR count). The van der Waals surface area contributed by atoms with Gasteiger partial charge in [-0.3, -0.25) is 4.79 Å². The van der Waals surface area contributed by atoms with Crippen molar-refractivity contribution in [1.82, 2.24) is 10.2 Å². The van der Waals surface area contributed by atoms with Gasteiger partial charge in [0, 0.05) is 43.6 Å². The molecule has 29 heavy (non-hydrogen) atoms. The van der Waals surface area contributed by atoms with Gasteiger partial charge in [0.1, 0.15) is 11.5 Å². The van der Waals surface area contributed by atoms with Crippen molar-refractivity contribution in [1.29, 1.82) is 0 Å². The van der Waals surface area contributed by atoms with Crippen LogP contribution in [0.1, 0.15) is 0 Å². The maximum atomic E-state index is 12.4. The number of amides is 3. The molecule has 8 heteroatoms. The number of urea groups is 1. The molecular formula is C21H26N4O4. The molecule has 2 aromatic carbocycles. The first-order valence-corrected chi connectivity index (χ1v) is 9.44. The fourth-order valence-corrected chi connectivity index (χ4v) is 3.13. The summed E-state index contributed by atoms with van der Waals surface area (Å²) < 4.78 is 10.3. The molecule has 1 aliphatic rings. The Balaban J connectivity index is 1.42.